The van der Waals surface area contributed by atoms with Crippen molar-refractivity contribution in [2.45, 2.75) is 19.5 Å². The monoisotopic (exact) mass is 461 g/mol. The van der Waals surface area contributed by atoms with Gasteiger partial charge in [0.1, 0.15) is 11.9 Å². The predicted molar refractivity (Wildman–Crippen MR) is 116 cm³/mol. The van der Waals surface area contributed by atoms with Crippen LogP contribution in [0.4, 0.5) is 19.6 Å². The van der Waals surface area contributed by atoms with Crippen LogP contribution in [0.5, 0.6) is 0 Å². The summed E-state index contributed by atoms with van der Waals surface area (Å²) in [7, 11) is 0. The second-order valence-corrected chi connectivity index (χ2v) is 8.68. The van der Waals surface area contributed by atoms with E-state index in [0.717, 1.165) is 4.70 Å². The molecule has 0 unspecified atom stereocenters. The van der Waals surface area contributed by atoms with Crippen LogP contribution in [0, 0.1) is 11.7 Å². The van der Waals surface area contributed by atoms with Crippen molar-refractivity contribution in [1.29, 1.82) is 0 Å². The molecule has 1 fully saturated rings. The van der Waals surface area contributed by atoms with Crippen LogP contribution in [0.2, 0.25) is 5.02 Å². The average molecular weight is 462 g/mol. The number of carbonyl (C=O) groups is 2. The quantitative estimate of drug-likeness (QED) is 0.403. The lowest BCUT2D eigenvalue weighted by atomic mass is 10.00. The van der Waals surface area contributed by atoms with E-state index in [1.54, 1.807) is 18.2 Å². The molecule has 2 heterocycles. The fourth-order valence-corrected chi connectivity index (χ4v) is 4.67. The van der Waals surface area contributed by atoms with Crippen LogP contribution in [-0.2, 0) is 9.59 Å². The number of anilines is 2. The van der Waals surface area contributed by atoms with E-state index < -0.39 is 23.8 Å². The van der Waals surface area contributed by atoms with Gasteiger partial charge in [-0.2, -0.15) is 5.10 Å². The van der Waals surface area contributed by atoms with Crippen LogP contribution in [0.1, 0.15) is 13.3 Å². The van der Waals surface area contributed by atoms with Crippen molar-refractivity contribution in [3.63, 3.8) is 0 Å². The molecule has 1 aliphatic carbocycles. The van der Waals surface area contributed by atoms with Crippen molar-refractivity contribution in [3.05, 3.63) is 35.2 Å². The number of halogens is 3. The molecule has 2 aromatic carbocycles. The summed E-state index contributed by atoms with van der Waals surface area (Å²) in [6.45, 7) is 1.27. The van der Waals surface area contributed by atoms with E-state index in [9.17, 15) is 14.0 Å². The number of H-pyrrole nitrogens is 1. The fraction of sp³-hybridized carbons (Fsp3) is 0.200. The minimum atomic E-state index is -1.09. The fourth-order valence-electron chi connectivity index (χ4n) is 3.46. The van der Waals surface area contributed by atoms with Gasteiger partial charge in [0.25, 0.3) is 0 Å². The highest BCUT2D eigenvalue weighted by Crippen LogP contribution is 2.43. The Labute approximate surface area is 182 Å². The number of nitrogens with zero attached hydrogens (tertiary/aromatic N) is 2. The lowest BCUT2D eigenvalue weighted by Crippen LogP contribution is -2.14. The second kappa shape index (κ2) is 7.24. The molecule has 11 heteroatoms. The molecule has 0 radical (unpaired) electrons. The van der Waals surface area contributed by atoms with Gasteiger partial charge in [0.15, 0.2) is 10.9 Å². The lowest BCUT2D eigenvalue weighted by molar-refractivity contribution is -0.117. The van der Waals surface area contributed by atoms with E-state index in [1.807, 2.05) is 0 Å². The number of hydrogen-bond donors (Lipinski definition) is 3. The molecule has 1 aliphatic rings. The maximum Gasteiger partial charge on any atom is 0.232 e. The topological polar surface area (TPSA) is 99.8 Å². The Bertz CT molecular complexity index is 1390. The molecule has 4 aromatic rings. The molecule has 31 heavy (non-hydrogen) atoms. The Hall–Kier alpha value is -3.11. The molecule has 158 valence electrons. The number of hydrogen-bond acceptors (Lipinski definition) is 5. The summed E-state index contributed by atoms with van der Waals surface area (Å²) in [6, 6.07) is 5.24. The summed E-state index contributed by atoms with van der Waals surface area (Å²) >= 11 is 7.59. The van der Waals surface area contributed by atoms with Crippen LogP contribution in [0.15, 0.2) is 24.4 Å². The van der Waals surface area contributed by atoms with Gasteiger partial charge in [0.05, 0.1) is 32.9 Å². The third kappa shape index (κ3) is 3.41. The zero-order valence-electron chi connectivity index (χ0n) is 15.9. The van der Waals surface area contributed by atoms with Crippen LogP contribution in [0.25, 0.3) is 32.2 Å². The summed E-state index contributed by atoms with van der Waals surface area (Å²) in [5.41, 5.74) is 1.91. The van der Waals surface area contributed by atoms with E-state index in [0.29, 0.717) is 32.7 Å². The van der Waals surface area contributed by atoms with Gasteiger partial charge in [0.2, 0.25) is 11.8 Å². The Morgan fingerprint density at radius 3 is 2.81 bits per heavy atom. The number of nitrogens with one attached hydrogen (secondary N) is 3. The number of carbonyl (C=O) groups excluding carboxylic acids is 2. The van der Waals surface area contributed by atoms with Gasteiger partial charge in [-0.1, -0.05) is 29.0 Å². The summed E-state index contributed by atoms with van der Waals surface area (Å²) in [5, 5.41) is 12.5. The van der Waals surface area contributed by atoms with Gasteiger partial charge in [-0.25, -0.2) is 13.8 Å². The van der Waals surface area contributed by atoms with Gasteiger partial charge < -0.3 is 10.6 Å². The lowest BCUT2D eigenvalue weighted by Gasteiger charge is -2.12. The van der Waals surface area contributed by atoms with Crippen LogP contribution in [-0.4, -0.2) is 33.2 Å². The maximum absolute atomic E-state index is 15.0. The van der Waals surface area contributed by atoms with E-state index in [2.05, 4.69) is 25.8 Å². The molecule has 2 amide bonds. The molecule has 7 nitrogen and oxygen atoms in total. The first kappa shape index (κ1) is 19.8. The molecule has 0 bridgehead atoms. The van der Waals surface area contributed by atoms with E-state index >= 15 is 4.39 Å². The minimum Gasteiger partial charge on any atom is -0.322 e. The number of aromatic nitrogens is 3. The number of rotatable bonds is 4. The molecular weight excluding hydrogens is 448 g/mol. The maximum atomic E-state index is 15.0. The molecule has 0 saturated heterocycles. The highest BCUT2D eigenvalue weighted by molar-refractivity contribution is 7.22. The van der Waals surface area contributed by atoms with E-state index in [-0.39, 0.29) is 23.0 Å². The number of fused-ring (bicyclic) bond motifs is 2. The smallest absolute Gasteiger partial charge is 0.232 e. The number of amides is 2. The van der Waals surface area contributed by atoms with E-state index in [4.69, 9.17) is 11.6 Å². The molecule has 5 rings (SSSR count). The van der Waals surface area contributed by atoms with Crippen LogP contribution in [0.3, 0.4) is 0 Å². The van der Waals surface area contributed by atoms with Crippen molar-refractivity contribution in [3.8, 4) is 11.1 Å². The van der Waals surface area contributed by atoms with Gasteiger partial charge in [-0.05, 0) is 24.1 Å². The average Bonchev–Trinajstić information content (AvgIpc) is 3.11. The van der Waals surface area contributed by atoms with Gasteiger partial charge >= 0.3 is 0 Å². The first-order valence-corrected chi connectivity index (χ1v) is 10.5. The van der Waals surface area contributed by atoms with Crippen molar-refractivity contribution >= 4 is 66.7 Å². The summed E-state index contributed by atoms with van der Waals surface area (Å²) in [4.78, 5) is 27.8. The summed E-state index contributed by atoms with van der Waals surface area (Å²) < 4.78 is 28.8. The highest BCUT2D eigenvalue weighted by atomic mass is 35.5. The van der Waals surface area contributed by atoms with Gasteiger partial charge in [-0.15, -0.1) is 0 Å². The van der Waals surface area contributed by atoms with Crippen molar-refractivity contribution in [1.82, 2.24) is 15.2 Å². The first-order chi connectivity index (χ1) is 14.8. The van der Waals surface area contributed by atoms with Gasteiger partial charge in [-0.3, -0.25) is 14.7 Å². The minimum absolute atomic E-state index is 0.0659. The Kier molecular flexibility index (Phi) is 4.63. The number of alkyl halides is 1. The van der Waals surface area contributed by atoms with Crippen molar-refractivity contribution in [2.24, 2.45) is 5.92 Å². The molecule has 3 N–H and O–H groups in total. The number of aromatic amines is 1. The molecule has 1 saturated carbocycles. The van der Waals surface area contributed by atoms with Crippen LogP contribution >= 0.6 is 22.9 Å². The van der Waals surface area contributed by atoms with Crippen molar-refractivity contribution < 1.29 is 18.4 Å². The molecule has 2 atom stereocenters. The second-order valence-electron chi connectivity index (χ2n) is 7.27. The number of benzene rings is 2. The Morgan fingerprint density at radius 1 is 1.32 bits per heavy atom. The first-order valence-electron chi connectivity index (χ1n) is 9.31. The molecule has 2 aromatic heterocycles. The SMILES string of the molecule is CC(=O)Nc1c(F)c(Cl)c(-c2ccc3nc(NC(=O)[C@@H]4C[C@@H]4F)sc3c2)c2cn[nH]c12. The summed E-state index contributed by atoms with van der Waals surface area (Å²) in [6.07, 6.45) is 0.656. The predicted octanol–water partition coefficient (Wildman–Crippen LogP) is 4.89. The Balaban J connectivity index is 1.57. The zero-order valence-corrected chi connectivity index (χ0v) is 17.5. The largest absolute Gasteiger partial charge is 0.322 e. The summed E-state index contributed by atoms with van der Waals surface area (Å²) in [5.74, 6) is -2.21. The van der Waals surface area contributed by atoms with Gasteiger partial charge in [0, 0.05) is 17.9 Å². The van der Waals surface area contributed by atoms with E-state index in [1.165, 1.54) is 24.5 Å². The van der Waals surface area contributed by atoms with Crippen LogP contribution < -0.4 is 10.6 Å². The molecule has 0 aliphatic heterocycles. The molecular formula is C20H14ClF2N5O2S. The number of thiazole rings is 1. The third-order valence-electron chi connectivity index (χ3n) is 5.05. The normalized spacial score (nSPS) is 17.8. The Morgan fingerprint density at radius 2 is 2.10 bits per heavy atom. The third-order valence-corrected chi connectivity index (χ3v) is 6.34. The highest BCUT2D eigenvalue weighted by Gasteiger charge is 2.43. The molecule has 0 spiro atoms. The zero-order chi connectivity index (χ0) is 21.9. The van der Waals surface area contributed by atoms with Crippen molar-refractivity contribution in [2.75, 3.05) is 10.6 Å². The standard InChI is InChI=1S/C20H14ClF2N5O2S/c1-7(29)25-18-16(23)15(21)14(10-6-24-28-17(10)18)8-2-3-12-13(4-8)31-20(26-12)27-19(30)9-5-11(9)22/h2-4,6,9,11H,5H2,1H3,(H,24,28)(H,25,29)(H,26,27,30)/t9-,11+/m1/s1.